The molecule has 0 radical (unpaired) electrons. The standard InChI is InChI=1S/C14H24Si/c1-15(2,3)9-14-12-5-10-4-11(7-12)8-13(14)6-10/h9-13H,4-8H2,1-3H3. The van der Waals surface area contributed by atoms with Crippen LogP contribution in [0.15, 0.2) is 11.3 Å². The molecule has 4 aliphatic rings. The van der Waals surface area contributed by atoms with Gasteiger partial charge in [-0.2, -0.15) is 0 Å². The molecule has 0 aromatic carbocycles. The van der Waals surface area contributed by atoms with Crippen molar-refractivity contribution in [2.24, 2.45) is 23.7 Å². The lowest BCUT2D eigenvalue weighted by molar-refractivity contribution is 0.0699. The maximum absolute atomic E-state index is 2.75. The zero-order valence-corrected chi connectivity index (χ0v) is 11.4. The van der Waals surface area contributed by atoms with Crippen molar-refractivity contribution < 1.29 is 0 Å². The van der Waals surface area contributed by atoms with Crippen molar-refractivity contribution in [3.8, 4) is 0 Å². The predicted octanol–water partition coefficient (Wildman–Crippen LogP) is 4.25. The second kappa shape index (κ2) is 3.22. The van der Waals surface area contributed by atoms with Gasteiger partial charge in [-0.15, -0.1) is 0 Å². The van der Waals surface area contributed by atoms with Crippen LogP contribution in [0.4, 0.5) is 0 Å². The van der Waals surface area contributed by atoms with Gasteiger partial charge >= 0.3 is 0 Å². The summed E-state index contributed by atoms with van der Waals surface area (Å²) in [6.45, 7) is 7.47. The summed E-state index contributed by atoms with van der Waals surface area (Å²) < 4.78 is 0. The summed E-state index contributed by atoms with van der Waals surface area (Å²) in [6, 6.07) is 0. The highest BCUT2D eigenvalue weighted by molar-refractivity contribution is 6.81. The lowest BCUT2D eigenvalue weighted by atomic mass is 9.54. The number of hydrogen-bond donors (Lipinski definition) is 0. The molecule has 0 saturated heterocycles. The van der Waals surface area contributed by atoms with Gasteiger partial charge in [-0.1, -0.05) is 30.9 Å². The molecule has 0 amide bonds. The molecule has 4 saturated carbocycles. The van der Waals surface area contributed by atoms with Gasteiger partial charge in [0.1, 0.15) is 0 Å². The molecule has 0 N–H and O–H groups in total. The third-order valence-corrected chi connectivity index (χ3v) is 5.88. The molecule has 0 aliphatic heterocycles. The smallest absolute Gasteiger partial charge is 0.0686 e. The third kappa shape index (κ3) is 1.84. The van der Waals surface area contributed by atoms with E-state index in [-0.39, 0.29) is 0 Å². The normalized spacial score (nSPS) is 43.5. The molecule has 0 nitrogen and oxygen atoms in total. The Morgan fingerprint density at radius 2 is 1.33 bits per heavy atom. The molecule has 4 rings (SSSR count). The van der Waals surface area contributed by atoms with Gasteiger partial charge < -0.3 is 0 Å². The van der Waals surface area contributed by atoms with Crippen LogP contribution in [0.3, 0.4) is 0 Å². The lowest BCUT2D eigenvalue weighted by Gasteiger charge is -2.52. The van der Waals surface area contributed by atoms with Crippen LogP contribution in [-0.2, 0) is 0 Å². The Morgan fingerprint density at radius 3 is 1.73 bits per heavy atom. The van der Waals surface area contributed by atoms with Gasteiger partial charge in [0.15, 0.2) is 0 Å². The van der Waals surface area contributed by atoms with Gasteiger partial charge in [0.25, 0.3) is 0 Å². The molecule has 0 atom stereocenters. The highest BCUT2D eigenvalue weighted by Gasteiger charge is 2.45. The van der Waals surface area contributed by atoms with Crippen molar-refractivity contribution in [2.75, 3.05) is 0 Å². The van der Waals surface area contributed by atoms with E-state index >= 15 is 0 Å². The van der Waals surface area contributed by atoms with Gasteiger partial charge in [-0.05, 0) is 55.8 Å². The van der Waals surface area contributed by atoms with E-state index < -0.39 is 8.07 Å². The first kappa shape index (κ1) is 10.1. The van der Waals surface area contributed by atoms with E-state index in [0.29, 0.717) is 0 Å². The number of rotatable bonds is 1. The van der Waals surface area contributed by atoms with Gasteiger partial charge in [0.05, 0.1) is 8.07 Å². The molecule has 15 heavy (non-hydrogen) atoms. The average Bonchev–Trinajstić information content (AvgIpc) is 2.08. The number of allylic oxidation sites excluding steroid dienone is 1. The highest BCUT2D eigenvalue weighted by atomic mass is 28.3. The monoisotopic (exact) mass is 220 g/mol. The fourth-order valence-electron chi connectivity index (χ4n) is 4.46. The fourth-order valence-corrected chi connectivity index (χ4v) is 5.94. The van der Waals surface area contributed by atoms with Gasteiger partial charge in [0.2, 0.25) is 0 Å². The summed E-state index contributed by atoms with van der Waals surface area (Å²) in [6.07, 6.45) is 7.76. The van der Waals surface area contributed by atoms with Gasteiger partial charge in [-0.25, -0.2) is 0 Å². The molecule has 4 fully saturated rings. The van der Waals surface area contributed by atoms with E-state index in [1.807, 2.05) is 5.57 Å². The highest BCUT2D eigenvalue weighted by Crippen LogP contribution is 2.56. The summed E-state index contributed by atoms with van der Waals surface area (Å²) in [5.74, 6) is 4.28. The Morgan fingerprint density at radius 1 is 0.867 bits per heavy atom. The Balaban J connectivity index is 1.89. The van der Waals surface area contributed by atoms with Crippen LogP contribution < -0.4 is 0 Å². The van der Waals surface area contributed by atoms with Crippen molar-refractivity contribution in [1.82, 2.24) is 0 Å². The van der Waals surface area contributed by atoms with Gasteiger partial charge in [-0.3, -0.25) is 0 Å². The van der Waals surface area contributed by atoms with Crippen LogP contribution in [0.25, 0.3) is 0 Å². The first-order valence-corrected chi connectivity index (χ1v) is 10.3. The first-order valence-electron chi connectivity index (χ1n) is 6.74. The zero-order valence-electron chi connectivity index (χ0n) is 10.4. The molecule has 1 heteroatoms. The third-order valence-electron chi connectivity index (χ3n) is 4.68. The van der Waals surface area contributed by atoms with Crippen LogP contribution in [0.1, 0.15) is 32.1 Å². The maximum Gasteiger partial charge on any atom is 0.0686 e. The van der Waals surface area contributed by atoms with Crippen LogP contribution in [0.2, 0.25) is 19.6 Å². The molecule has 84 valence electrons. The number of hydrogen-bond acceptors (Lipinski definition) is 0. The summed E-state index contributed by atoms with van der Waals surface area (Å²) in [7, 11) is -0.980. The summed E-state index contributed by atoms with van der Waals surface area (Å²) in [5, 5.41) is 0. The lowest BCUT2D eigenvalue weighted by Crippen LogP contribution is -2.41. The first-order chi connectivity index (χ1) is 7.01. The van der Waals surface area contributed by atoms with E-state index in [0.717, 1.165) is 23.7 Å². The van der Waals surface area contributed by atoms with Crippen LogP contribution in [0.5, 0.6) is 0 Å². The van der Waals surface area contributed by atoms with E-state index in [4.69, 9.17) is 0 Å². The topological polar surface area (TPSA) is 0 Å². The minimum absolute atomic E-state index is 0.980. The summed E-state index contributed by atoms with van der Waals surface area (Å²) in [5.41, 5.74) is 4.67. The Kier molecular flexibility index (Phi) is 2.18. The molecule has 0 aromatic heterocycles. The van der Waals surface area contributed by atoms with Crippen molar-refractivity contribution in [2.45, 2.75) is 51.7 Å². The zero-order chi connectivity index (χ0) is 10.6. The SMILES string of the molecule is C[Si](C)(C)C=C1C2CC3CC(C2)CC1C3. The van der Waals surface area contributed by atoms with Crippen molar-refractivity contribution >= 4 is 8.07 Å². The van der Waals surface area contributed by atoms with Crippen LogP contribution in [0, 0.1) is 23.7 Å². The average molecular weight is 220 g/mol. The maximum atomic E-state index is 2.75. The fraction of sp³-hybridized carbons (Fsp3) is 0.857. The molecular weight excluding hydrogens is 196 g/mol. The van der Waals surface area contributed by atoms with E-state index in [2.05, 4.69) is 25.3 Å². The molecule has 4 bridgehead atoms. The molecule has 0 unspecified atom stereocenters. The van der Waals surface area contributed by atoms with Crippen LogP contribution in [-0.4, -0.2) is 8.07 Å². The second-order valence-electron chi connectivity index (χ2n) is 7.31. The Labute approximate surface area is 95.2 Å². The van der Waals surface area contributed by atoms with E-state index in [1.165, 1.54) is 0 Å². The summed E-state index contributed by atoms with van der Waals surface area (Å²) >= 11 is 0. The largest absolute Gasteiger partial charge is 0.0952 e. The Bertz CT molecular complexity index is 265. The van der Waals surface area contributed by atoms with E-state index in [9.17, 15) is 0 Å². The van der Waals surface area contributed by atoms with E-state index in [1.54, 1.807) is 32.1 Å². The summed E-state index contributed by atoms with van der Waals surface area (Å²) in [4.78, 5) is 0. The minimum Gasteiger partial charge on any atom is -0.0952 e. The van der Waals surface area contributed by atoms with Crippen molar-refractivity contribution in [3.63, 3.8) is 0 Å². The molecule has 4 aliphatic carbocycles. The Hall–Kier alpha value is -0.0431. The molecule has 0 spiro atoms. The van der Waals surface area contributed by atoms with Crippen molar-refractivity contribution in [1.29, 1.82) is 0 Å². The minimum atomic E-state index is -0.980. The molecule has 0 heterocycles. The second-order valence-corrected chi connectivity index (χ2v) is 12.3. The molecule has 0 aromatic rings. The molecular formula is C14H24Si. The van der Waals surface area contributed by atoms with Gasteiger partial charge in [0, 0.05) is 0 Å². The predicted molar refractivity (Wildman–Crippen MR) is 68.5 cm³/mol. The van der Waals surface area contributed by atoms with Crippen LogP contribution >= 0.6 is 0 Å². The van der Waals surface area contributed by atoms with Crippen molar-refractivity contribution in [3.05, 3.63) is 11.3 Å². The quantitative estimate of drug-likeness (QED) is 0.580.